The number of aliphatic imine (C=N–C) groups is 1. The Balaban J connectivity index is 1.82. The maximum absolute atomic E-state index is 5.68. The molecule has 0 saturated carbocycles. The van der Waals surface area contributed by atoms with Crippen LogP contribution in [0.3, 0.4) is 0 Å². The fourth-order valence-electron chi connectivity index (χ4n) is 2.20. The Bertz CT molecular complexity index is 227. The number of nitrogens with zero attached hydrogens (tertiary/aromatic N) is 2. The average molecular weight is 198 g/mol. The number of morpholine rings is 1. The van der Waals surface area contributed by atoms with Crippen molar-refractivity contribution in [2.45, 2.75) is 25.0 Å². The maximum Gasteiger partial charge on any atom is 0.185 e. The normalized spacial score (nSPS) is 32.6. The summed E-state index contributed by atoms with van der Waals surface area (Å²) in [7, 11) is 0. The Morgan fingerprint density at radius 2 is 2.36 bits per heavy atom. The second-order valence-corrected chi connectivity index (χ2v) is 4.01. The van der Waals surface area contributed by atoms with Crippen LogP contribution in [-0.2, 0) is 4.74 Å². The van der Waals surface area contributed by atoms with Crippen molar-refractivity contribution in [3.05, 3.63) is 0 Å². The minimum Gasteiger partial charge on any atom is -0.373 e. The third-order valence-corrected chi connectivity index (χ3v) is 2.94. The van der Waals surface area contributed by atoms with Crippen LogP contribution in [-0.4, -0.2) is 49.2 Å². The van der Waals surface area contributed by atoms with E-state index in [1.54, 1.807) is 0 Å². The first-order valence-corrected chi connectivity index (χ1v) is 5.17. The lowest BCUT2D eigenvalue weighted by Crippen LogP contribution is -2.47. The highest BCUT2D eigenvalue weighted by Gasteiger charge is 2.31. The van der Waals surface area contributed by atoms with Crippen molar-refractivity contribution >= 4 is 5.96 Å². The van der Waals surface area contributed by atoms with Gasteiger partial charge in [-0.2, -0.15) is 0 Å². The van der Waals surface area contributed by atoms with Crippen LogP contribution in [0.4, 0.5) is 0 Å². The van der Waals surface area contributed by atoms with E-state index in [2.05, 4.69) is 9.89 Å². The number of guanidine groups is 1. The summed E-state index contributed by atoms with van der Waals surface area (Å²) in [6.07, 6.45) is 2.74. The van der Waals surface area contributed by atoms with Crippen molar-refractivity contribution in [2.75, 3.05) is 26.2 Å². The smallest absolute Gasteiger partial charge is 0.185 e. The number of rotatable bonds is 2. The summed E-state index contributed by atoms with van der Waals surface area (Å²) >= 11 is 0. The Hall–Kier alpha value is -0.810. The Morgan fingerprint density at radius 3 is 3.14 bits per heavy atom. The minimum absolute atomic E-state index is 0.150. The standard InChI is InChI=1S/C9H18N4O/c10-9(11)12-4-8-5-13-3-1-2-7(13)6-14-8/h7-8H,1-6H2,(H4,10,11,12). The molecule has 2 rings (SSSR count). The lowest BCUT2D eigenvalue weighted by Gasteiger charge is -2.34. The van der Waals surface area contributed by atoms with E-state index in [1.165, 1.54) is 19.4 Å². The van der Waals surface area contributed by atoms with E-state index in [1.807, 2.05) is 0 Å². The number of hydrogen-bond donors (Lipinski definition) is 2. The van der Waals surface area contributed by atoms with Gasteiger partial charge < -0.3 is 16.2 Å². The predicted octanol–water partition coefficient (Wildman–Crippen LogP) is -0.877. The monoisotopic (exact) mass is 198 g/mol. The van der Waals surface area contributed by atoms with Crippen LogP contribution in [0.5, 0.6) is 0 Å². The molecule has 2 heterocycles. The van der Waals surface area contributed by atoms with Gasteiger partial charge in [-0.05, 0) is 19.4 Å². The fourth-order valence-corrected chi connectivity index (χ4v) is 2.20. The number of fused-ring (bicyclic) bond motifs is 1. The third-order valence-electron chi connectivity index (χ3n) is 2.94. The summed E-state index contributed by atoms with van der Waals surface area (Å²) in [5.74, 6) is 0.150. The van der Waals surface area contributed by atoms with Gasteiger partial charge in [-0.25, -0.2) is 0 Å². The van der Waals surface area contributed by atoms with Crippen LogP contribution in [0.2, 0.25) is 0 Å². The molecule has 2 fully saturated rings. The summed E-state index contributed by atoms with van der Waals surface area (Å²) in [6, 6.07) is 0.644. The van der Waals surface area contributed by atoms with Gasteiger partial charge in [0, 0.05) is 12.6 Å². The largest absolute Gasteiger partial charge is 0.373 e. The van der Waals surface area contributed by atoms with Gasteiger partial charge in [0.15, 0.2) is 5.96 Å². The fraction of sp³-hybridized carbons (Fsp3) is 0.889. The molecule has 2 aliphatic rings. The number of ether oxygens (including phenoxy) is 1. The molecule has 5 heteroatoms. The van der Waals surface area contributed by atoms with Gasteiger partial charge in [-0.15, -0.1) is 0 Å². The summed E-state index contributed by atoms with van der Waals surface area (Å²) in [6.45, 7) is 3.60. The average Bonchev–Trinajstić information content (AvgIpc) is 2.61. The van der Waals surface area contributed by atoms with Gasteiger partial charge in [-0.1, -0.05) is 0 Å². The summed E-state index contributed by atoms with van der Waals surface area (Å²) in [4.78, 5) is 6.47. The highest BCUT2D eigenvalue weighted by Crippen LogP contribution is 2.22. The summed E-state index contributed by atoms with van der Waals surface area (Å²) in [5.41, 5.74) is 10.5. The molecular weight excluding hydrogens is 180 g/mol. The SMILES string of the molecule is NC(N)=NCC1CN2CCCC2CO1. The van der Waals surface area contributed by atoms with Crippen molar-refractivity contribution in [1.29, 1.82) is 0 Å². The molecule has 5 nitrogen and oxygen atoms in total. The first-order chi connectivity index (χ1) is 6.75. The molecule has 2 aliphatic heterocycles. The second-order valence-electron chi connectivity index (χ2n) is 4.01. The van der Waals surface area contributed by atoms with Crippen LogP contribution >= 0.6 is 0 Å². The molecule has 0 spiro atoms. The van der Waals surface area contributed by atoms with E-state index in [0.29, 0.717) is 12.6 Å². The Kier molecular flexibility index (Phi) is 2.88. The van der Waals surface area contributed by atoms with E-state index < -0.39 is 0 Å². The van der Waals surface area contributed by atoms with Crippen LogP contribution in [0.1, 0.15) is 12.8 Å². The van der Waals surface area contributed by atoms with Crippen LogP contribution < -0.4 is 11.5 Å². The predicted molar refractivity (Wildman–Crippen MR) is 55.0 cm³/mol. The van der Waals surface area contributed by atoms with Crippen LogP contribution in [0, 0.1) is 0 Å². The topological polar surface area (TPSA) is 76.9 Å². The molecule has 4 N–H and O–H groups in total. The molecule has 0 amide bonds. The molecule has 80 valence electrons. The van der Waals surface area contributed by atoms with Gasteiger partial charge >= 0.3 is 0 Å². The zero-order chi connectivity index (χ0) is 9.97. The number of hydrogen-bond acceptors (Lipinski definition) is 3. The van der Waals surface area contributed by atoms with E-state index in [-0.39, 0.29) is 12.1 Å². The minimum atomic E-state index is 0.150. The van der Waals surface area contributed by atoms with Gasteiger partial charge in [0.25, 0.3) is 0 Å². The second kappa shape index (κ2) is 4.14. The van der Waals surface area contributed by atoms with E-state index in [9.17, 15) is 0 Å². The van der Waals surface area contributed by atoms with E-state index in [4.69, 9.17) is 16.2 Å². The van der Waals surface area contributed by atoms with Gasteiger partial charge in [0.1, 0.15) is 0 Å². The Morgan fingerprint density at radius 1 is 1.50 bits per heavy atom. The van der Waals surface area contributed by atoms with Crippen LogP contribution in [0.25, 0.3) is 0 Å². The molecule has 0 aromatic rings. The lowest BCUT2D eigenvalue weighted by molar-refractivity contribution is -0.0431. The molecule has 2 saturated heterocycles. The van der Waals surface area contributed by atoms with Gasteiger partial charge in [0.05, 0.1) is 19.3 Å². The van der Waals surface area contributed by atoms with Gasteiger partial charge in [0.2, 0.25) is 0 Å². The lowest BCUT2D eigenvalue weighted by atomic mass is 10.2. The molecule has 14 heavy (non-hydrogen) atoms. The first-order valence-electron chi connectivity index (χ1n) is 5.17. The first kappa shape index (κ1) is 9.73. The van der Waals surface area contributed by atoms with Crippen molar-refractivity contribution < 1.29 is 4.74 Å². The molecule has 2 atom stereocenters. The molecule has 0 radical (unpaired) electrons. The quantitative estimate of drug-likeness (QED) is 0.446. The highest BCUT2D eigenvalue weighted by atomic mass is 16.5. The van der Waals surface area contributed by atoms with E-state index in [0.717, 1.165) is 13.2 Å². The van der Waals surface area contributed by atoms with Crippen LogP contribution in [0.15, 0.2) is 4.99 Å². The van der Waals surface area contributed by atoms with E-state index >= 15 is 0 Å². The van der Waals surface area contributed by atoms with Crippen molar-refractivity contribution in [3.8, 4) is 0 Å². The highest BCUT2D eigenvalue weighted by molar-refractivity contribution is 5.75. The maximum atomic E-state index is 5.68. The molecule has 0 aliphatic carbocycles. The van der Waals surface area contributed by atoms with Crippen molar-refractivity contribution in [3.63, 3.8) is 0 Å². The third kappa shape index (κ3) is 2.16. The zero-order valence-corrected chi connectivity index (χ0v) is 8.35. The Labute approximate surface area is 84.1 Å². The molecule has 0 aromatic heterocycles. The number of nitrogens with two attached hydrogens (primary N) is 2. The molecule has 0 bridgehead atoms. The zero-order valence-electron chi connectivity index (χ0n) is 8.35. The molecule has 2 unspecified atom stereocenters. The molecular formula is C9H18N4O. The molecule has 0 aromatic carbocycles. The van der Waals surface area contributed by atoms with Crippen molar-refractivity contribution in [2.24, 2.45) is 16.5 Å². The summed E-state index contributed by atoms with van der Waals surface area (Å²) < 4.78 is 5.68. The van der Waals surface area contributed by atoms with Crippen molar-refractivity contribution in [1.82, 2.24) is 4.90 Å². The van der Waals surface area contributed by atoms with Gasteiger partial charge in [-0.3, -0.25) is 9.89 Å². The summed E-state index contributed by atoms with van der Waals surface area (Å²) in [5, 5.41) is 0.